The van der Waals surface area contributed by atoms with E-state index in [1.807, 2.05) is 0 Å². The predicted molar refractivity (Wildman–Crippen MR) is 112 cm³/mol. The molecule has 0 radical (unpaired) electrons. The first-order chi connectivity index (χ1) is 16.5. The maximum Gasteiger partial charge on any atom is 0.333 e. The molecule has 6 heterocycles. The van der Waals surface area contributed by atoms with Gasteiger partial charge in [-0.3, -0.25) is 4.79 Å². The van der Waals surface area contributed by atoms with Crippen molar-refractivity contribution in [2.24, 2.45) is 0 Å². The van der Waals surface area contributed by atoms with E-state index in [2.05, 4.69) is 30.4 Å². The Morgan fingerprint density at radius 2 is 2.12 bits per heavy atom. The van der Waals surface area contributed by atoms with Crippen molar-refractivity contribution in [1.82, 2.24) is 44.5 Å². The van der Waals surface area contributed by atoms with Crippen LogP contribution in [-0.4, -0.2) is 56.9 Å². The van der Waals surface area contributed by atoms with E-state index in [1.54, 1.807) is 35.2 Å². The van der Waals surface area contributed by atoms with Crippen LogP contribution in [0.15, 0.2) is 47.4 Å². The number of carbonyl (C=O) groups is 1. The minimum Gasteiger partial charge on any atom is -0.411 e. The first-order valence-electron chi connectivity index (χ1n) is 10.1. The SMILES string of the molecule is O=C(c1nnc(-c2ccn(C(F)F)n2)o1)N1CCc2[nH]cnc2C1c1cc2c(Cl)cccn2n1. The number of aromatic amines is 1. The van der Waals surface area contributed by atoms with E-state index >= 15 is 0 Å². The van der Waals surface area contributed by atoms with Crippen molar-refractivity contribution in [3.05, 3.63) is 71.0 Å². The monoisotopic (exact) mass is 485 g/mol. The van der Waals surface area contributed by atoms with Crippen LogP contribution in [0.3, 0.4) is 0 Å². The van der Waals surface area contributed by atoms with Crippen LogP contribution in [0.25, 0.3) is 17.1 Å². The quantitative estimate of drug-likeness (QED) is 0.415. The third kappa shape index (κ3) is 3.23. The molecule has 0 spiro atoms. The van der Waals surface area contributed by atoms with Gasteiger partial charge in [-0.25, -0.2) is 14.2 Å². The van der Waals surface area contributed by atoms with E-state index < -0.39 is 18.5 Å². The van der Waals surface area contributed by atoms with Crippen LogP contribution >= 0.6 is 11.6 Å². The molecule has 6 rings (SSSR count). The molecule has 0 bridgehead atoms. The molecule has 0 saturated carbocycles. The Labute approximate surface area is 194 Å². The van der Waals surface area contributed by atoms with Gasteiger partial charge in [0, 0.05) is 31.1 Å². The molecule has 0 fully saturated rings. The summed E-state index contributed by atoms with van der Waals surface area (Å²) in [5.74, 6) is -0.988. The second kappa shape index (κ2) is 7.73. The summed E-state index contributed by atoms with van der Waals surface area (Å²) in [6.07, 6.45) is 4.94. The summed E-state index contributed by atoms with van der Waals surface area (Å²) < 4.78 is 33.2. The van der Waals surface area contributed by atoms with Crippen molar-refractivity contribution in [2.45, 2.75) is 19.0 Å². The number of imidazole rings is 1. The molecule has 1 unspecified atom stereocenters. The Balaban J connectivity index is 1.37. The molecule has 1 aliphatic rings. The van der Waals surface area contributed by atoms with Crippen molar-refractivity contribution in [3.63, 3.8) is 0 Å². The van der Waals surface area contributed by atoms with E-state index in [4.69, 9.17) is 16.0 Å². The van der Waals surface area contributed by atoms with Gasteiger partial charge in [-0.05, 0) is 24.3 Å². The molecule has 11 nitrogen and oxygen atoms in total. The Bertz CT molecular complexity index is 1520. The topological polar surface area (TPSA) is 123 Å². The highest BCUT2D eigenvalue weighted by molar-refractivity contribution is 6.33. The summed E-state index contributed by atoms with van der Waals surface area (Å²) in [6.45, 7) is -2.48. The van der Waals surface area contributed by atoms with E-state index in [9.17, 15) is 13.6 Å². The second-order valence-electron chi connectivity index (χ2n) is 7.54. The highest BCUT2D eigenvalue weighted by Crippen LogP contribution is 2.35. The lowest BCUT2D eigenvalue weighted by Gasteiger charge is -2.32. The van der Waals surface area contributed by atoms with Gasteiger partial charge in [-0.15, -0.1) is 10.2 Å². The molecule has 1 atom stereocenters. The number of nitrogens with zero attached hydrogens (tertiary/aromatic N) is 8. The minimum absolute atomic E-state index is 0.0339. The number of aromatic nitrogens is 8. The van der Waals surface area contributed by atoms with E-state index in [-0.39, 0.29) is 17.5 Å². The number of H-pyrrole nitrogens is 1. The number of hydrogen-bond acceptors (Lipinski definition) is 7. The standard InChI is InChI=1S/C20H14ClF2N9O2/c21-10-2-1-5-31-14(10)8-13(29-31)16-15-11(24-9-25-15)3-6-30(16)19(33)18-27-26-17(34-18)12-4-7-32(28-12)20(22)23/h1-2,4-5,7-9,16,20H,3,6H2,(H,24,25). The van der Waals surface area contributed by atoms with Crippen molar-refractivity contribution < 1.29 is 18.0 Å². The molecule has 0 aromatic carbocycles. The zero-order valence-electron chi connectivity index (χ0n) is 17.1. The van der Waals surface area contributed by atoms with E-state index in [0.717, 1.165) is 11.9 Å². The summed E-state index contributed by atoms with van der Waals surface area (Å²) in [6, 6.07) is 5.99. The normalized spacial score (nSPS) is 15.9. The highest BCUT2D eigenvalue weighted by Gasteiger charge is 2.38. The van der Waals surface area contributed by atoms with Crippen molar-refractivity contribution >= 4 is 23.0 Å². The average Bonchev–Trinajstić information content (AvgIpc) is 3.62. The van der Waals surface area contributed by atoms with Gasteiger partial charge in [0.1, 0.15) is 11.7 Å². The van der Waals surface area contributed by atoms with Crippen molar-refractivity contribution in [2.75, 3.05) is 6.54 Å². The lowest BCUT2D eigenvalue weighted by molar-refractivity contribution is 0.0566. The highest BCUT2D eigenvalue weighted by atomic mass is 35.5. The predicted octanol–water partition coefficient (Wildman–Crippen LogP) is 3.14. The van der Waals surface area contributed by atoms with Gasteiger partial charge in [0.05, 0.1) is 28.3 Å². The first kappa shape index (κ1) is 20.5. The minimum atomic E-state index is -2.81. The molecular formula is C20H14ClF2N9O2. The number of hydrogen-bond donors (Lipinski definition) is 1. The molecule has 0 saturated heterocycles. The zero-order chi connectivity index (χ0) is 23.4. The summed E-state index contributed by atoms with van der Waals surface area (Å²) >= 11 is 6.31. The molecule has 5 aromatic heterocycles. The fraction of sp³-hybridized carbons (Fsp3) is 0.200. The van der Waals surface area contributed by atoms with Crippen LogP contribution in [0.4, 0.5) is 8.78 Å². The lowest BCUT2D eigenvalue weighted by Crippen LogP contribution is -2.41. The number of nitrogens with one attached hydrogen (secondary N) is 1. The van der Waals surface area contributed by atoms with Crippen LogP contribution in [0.2, 0.25) is 5.02 Å². The number of halogens is 3. The van der Waals surface area contributed by atoms with E-state index in [0.29, 0.717) is 39.6 Å². The van der Waals surface area contributed by atoms with Gasteiger partial charge < -0.3 is 14.3 Å². The van der Waals surface area contributed by atoms with Crippen LogP contribution in [0.5, 0.6) is 0 Å². The van der Waals surface area contributed by atoms with Gasteiger partial charge >= 0.3 is 18.3 Å². The third-order valence-corrected chi connectivity index (χ3v) is 5.89. The Hall–Kier alpha value is -4.13. The lowest BCUT2D eigenvalue weighted by atomic mass is 9.99. The van der Waals surface area contributed by atoms with Gasteiger partial charge in [-0.2, -0.15) is 19.0 Å². The molecular weight excluding hydrogens is 472 g/mol. The third-order valence-electron chi connectivity index (χ3n) is 5.57. The molecule has 1 amide bonds. The molecule has 1 N–H and O–H groups in total. The summed E-state index contributed by atoms with van der Waals surface area (Å²) in [5.41, 5.74) is 2.82. The molecule has 172 valence electrons. The Morgan fingerprint density at radius 1 is 1.24 bits per heavy atom. The maximum absolute atomic E-state index is 13.4. The maximum atomic E-state index is 13.4. The number of amides is 1. The van der Waals surface area contributed by atoms with Gasteiger partial charge in [0.25, 0.3) is 5.89 Å². The summed E-state index contributed by atoms with van der Waals surface area (Å²) in [7, 11) is 0. The van der Waals surface area contributed by atoms with E-state index in [1.165, 1.54) is 11.0 Å². The average molecular weight is 486 g/mol. The molecule has 1 aliphatic heterocycles. The van der Waals surface area contributed by atoms with Crippen LogP contribution in [-0.2, 0) is 6.42 Å². The van der Waals surface area contributed by atoms with Gasteiger partial charge in [0.2, 0.25) is 0 Å². The molecule has 14 heteroatoms. The number of alkyl halides is 2. The Morgan fingerprint density at radius 3 is 2.91 bits per heavy atom. The number of pyridine rings is 1. The smallest absolute Gasteiger partial charge is 0.333 e. The van der Waals surface area contributed by atoms with Gasteiger partial charge in [-0.1, -0.05) is 11.6 Å². The fourth-order valence-electron chi connectivity index (χ4n) is 4.03. The molecule has 5 aromatic rings. The number of rotatable bonds is 4. The number of fused-ring (bicyclic) bond motifs is 2. The zero-order valence-corrected chi connectivity index (χ0v) is 17.9. The first-order valence-corrected chi connectivity index (χ1v) is 10.5. The van der Waals surface area contributed by atoms with Gasteiger partial charge in [0.15, 0.2) is 0 Å². The second-order valence-corrected chi connectivity index (χ2v) is 7.95. The largest absolute Gasteiger partial charge is 0.411 e. The molecule has 0 aliphatic carbocycles. The van der Waals surface area contributed by atoms with Crippen molar-refractivity contribution in [3.8, 4) is 11.6 Å². The van der Waals surface area contributed by atoms with Crippen LogP contribution < -0.4 is 0 Å². The summed E-state index contributed by atoms with van der Waals surface area (Å²) in [5, 5.41) is 16.5. The molecule has 34 heavy (non-hydrogen) atoms. The van der Waals surface area contributed by atoms with Crippen LogP contribution in [0.1, 0.15) is 40.4 Å². The summed E-state index contributed by atoms with van der Waals surface area (Å²) in [4.78, 5) is 22.5. The van der Waals surface area contributed by atoms with Crippen molar-refractivity contribution in [1.29, 1.82) is 0 Å². The fourth-order valence-corrected chi connectivity index (χ4v) is 4.24. The Kier molecular flexibility index (Phi) is 4.65. The number of carbonyl (C=O) groups excluding carboxylic acids is 1. The van der Waals surface area contributed by atoms with Crippen LogP contribution in [0, 0.1) is 0 Å².